The van der Waals surface area contributed by atoms with E-state index in [1.807, 2.05) is 0 Å². The quantitative estimate of drug-likeness (QED) is 0.587. The molecule has 0 spiro atoms. The first-order valence-corrected chi connectivity index (χ1v) is 5.77. The van der Waals surface area contributed by atoms with Crippen LogP contribution in [0.1, 0.15) is 13.3 Å². The Kier molecular flexibility index (Phi) is 5.46. The van der Waals surface area contributed by atoms with E-state index in [9.17, 15) is 8.42 Å². The maximum absolute atomic E-state index is 11.6. The van der Waals surface area contributed by atoms with E-state index in [2.05, 4.69) is 0 Å². The van der Waals surface area contributed by atoms with Crippen LogP contribution in [0.15, 0.2) is 0 Å². The lowest BCUT2D eigenvalue weighted by Gasteiger charge is -2.21. The first-order chi connectivity index (χ1) is 6.00. The minimum absolute atomic E-state index is 0.120. The third kappa shape index (κ3) is 3.22. The summed E-state index contributed by atoms with van der Waals surface area (Å²) >= 11 is 0. The summed E-state index contributed by atoms with van der Waals surface area (Å²) in [6.45, 7) is 1.85. The Hall–Kier alpha value is -0.170. The lowest BCUT2D eigenvalue weighted by atomic mass is 10.3. The molecule has 0 saturated heterocycles. The highest BCUT2D eigenvalue weighted by Crippen LogP contribution is 2.08. The zero-order valence-electron chi connectivity index (χ0n) is 8.10. The minimum atomic E-state index is -3.32. The van der Waals surface area contributed by atoms with Crippen LogP contribution < -0.4 is 5.73 Å². The number of hydrogen-bond donors (Lipinski definition) is 2. The van der Waals surface area contributed by atoms with Crippen molar-refractivity contribution in [3.8, 4) is 0 Å². The van der Waals surface area contributed by atoms with Gasteiger partial charge in [-0.1, -0.05) is 6.92 Å². The lowest BCUT2D eigenvalue weighted by molar-refractivity contribution is 0.265. The predicted octanol–water partition coefficient (Wildman–Crippen LogP) is -1.02. The van der Waals surface area contributed by atoms with Crippen molar-refractivity contribution in [1.82, 2.24) is 4.31 Å². The van der Waals surface area contributed by atoms with Crippen molar-refractivity contribution in [2.45, 2.75) is 18.6 Å². The van der Waals surface area contributed by atoms with Crippen LogP contribution >= 0.6 is 0 Å². The van der Waals surface area contributed by atoms with Gasteiger partial charge in [0.25, 0.3) is 0 Å². The number of sulfonamides is 1. The van der Waals surface area contributed by atoms with Gasteiger partial charge in [0.05, 0.1) is 11.9 Å². The molecule has 0 radical (unpaired) electrons. The predicted molar refractivity (Wildman–Crippen MR) is 51.8 cm³/mol. The molecule has 3 N–H and O–H groups in total. The van der Waals surface area contributed by atoms with Crippen molar-refractivity contribution in [1.29, 1.82) is 0 Å². The van der Waals surface area contributed by atoms with Gasteiger partial charge in [0, 0.05) is 20.1 Å². The van der Waals surface area contributed by atoms with Crippen LogP contribution in [0.25, 0.3) is 0 Å². The molecule has 80 valence electrons. The highest BCUT2D eigenvalue weighted by atomic mass is 32.2. The Bertz CT molecular complexity index is 224. The van der Waals surface area contributed by atoms with Gasteiger partial charge < -0.3 is 10.8 Å². The van der Waals surface area contributed by atoms with Gasteiger partial charge in [-0.2, -0.15) is 0 Å². The van der Waals surface area contributed by atoms with Crippen molar-refractivity contribution in [2.24, 2.45) is 5.73 Å². The summed E-state index contributed by atoms with van der Waals surface area (Å²) < 4.78 is 24.4. The summed E-state index contributed by atoms with van der Waals surface area (Å²) in [5.74, 6) is 0. The molecule has 0 aliphatic heterocycles. The van der Waals surface area contributed by atoms with E-state index in [4.69, 9.17) is 10.8 Å². The first-order valence-electron chi connectivity index (χ1n) is 4.26. The molecule has 0 saturated carbocycles. The molecule has 0 aromatic carbocycles. The Balaban J connectivity index is 4.53. The molecule has 0 aromatic rings. The molecular formula is C7H18N2O3S. The summed E-state index contributed by atoms with van der Waals surface area (Å²) in [6.07, 6.45) is 0.495. The molecule has 0 heterocycles. The zero-order valence-corrected chi connectivity index (χ0v) is 8.92. The molecule has 0 fully saturated rings. The maximum Gasteiger partial charge on any atom is 0.218 e. The van der Waals surface area contributed by atoms with Crippen LogP contribution in [0.3, 0.4) is 0 Å². The van der Waals surface area contributed by atoms with E-state index in [1.165, 1.54) is 7.05 Å². The van der Waals surface area contributed by atoms with E-state index in [-0.39, 0.29) is 19.7 Å². The van der Waals surface area contributed by atoms with Crippen LogP contribution in [0.2, 0.25) is 0 Å². The topological polar surface area (TPSA) is 83.6 Å². The van der Waals surface area contributed by atoms with Gasteiger partial charge >= 0.3 is 0 Å². The van der Waals surface area contributed by atoms with E-state index in [1.54, 1.807) is 6.92 Å². The molecule has 13 heavy (non-hydrogen) atoms. The second kappa shape index (κ2) is 5.54. The average molecular weight is 210 g/mol. The highest BCUT2D eigenvalue weighted by molar-refractivity contribution is 7.89. The summed E-state index contributed by atoms with van der Waals surface area (Å²) in [7, 11) is -1.87. The van der Waals surface area contributed by atoms with E-state index in [0.717, 1.165) is 4.31 Å². The molecule has 1 atom stereocenters. The fourth-order valence-corrected chi connectivity index (χ4v) is 2.53. The number of nitrogens with two attached hydrogens (primary N) is 1. The Morgan fingerprint density at radius 1 is 1.54 bits per heavy atom. The van der Waals surface area contributed by atoms with E-state index < -0.39 is 15.3 Å². The maximum atomic E-state index is 11.6. The highest BCUT2D eigenvalue weighted by Gasteiger charge is 2.26. The van der Waals surface area contributed by atoms with Gasteiger partial charge in [0.2, 0.25) is 10.0 Å². The molecule has 0 aromatic heterocycles. The molecular weight excluding hydrogens is 192 g/mol. The number of hydrogen-bond acceptors (Lipinski definition) is 4. The van der Waals surface area contributed by atoms with Gasteiger partial charge in [-0.15, -0.1) is 0 Å². The third-order valence-corrected chi connectivity index (χ3v) is 4.41. The van der Waals surface area contributed by atoms with Crippen LogP contribution in [-0.4, -0.2) is 49.8 Å². The van der Waals surface area contributed by atoms with Gasteiger partial charge in [-0.3, -0.25) is 0 Å². The lowest BCUT2D eigenvalue weighted by Crippen LogP contribution is -2.41. The fraction of sp³-hybridized carbons (Fsp3) is 1.00. The summed E-state index contributed by atoms with van der Waals surface area (Å²) in [6, 6.07) is 0. The second-order valence-electron chi connectivity index (χ2n) is 2.86. The summed E-state index contributed by atoms with van der Waals surface area (Å²) in [5.41, 5.74) is 5.34. The van der Waals surface area contributed by atoms with Gasteiger partial charge in [0.15, 0.2) is 0 Å². The Labute approximate surface area is 79.6 Å². The largest absolute Gasteiger partial charge is 0.395 e. The minimum Gasteiger partial charge on any atom is -0.395 e. The number of aliphatic hydroxyl groups is 1. The summed E-state index contributed by atoms with van der Waals surface area (Å²) in [5, 5.41) is 8.05. The molecule has 0 amide bonds. The monoisotopic (exact) mass is 210 g/mol. The van der Waals surface area contributed by atoms with Crippen LogP contribution in [0, 0.1) is 0 Å². The fourth-order valence-electron chi connectivity index (χ4n) is 1.02. The summed E-state index contributed by atoms with van der Waals surface area (Å²) in [4.78, 5) is 0. The smallest absolute Gasteiger partial charge is 0.218 e. The van der Waals surface area contributed by atoms with E-state index >= 15 is 0 Å². The molecule has 0 rings (SSSR count). The number of rotatable bonds is 6. The van der Waals surface area contributed by atoms with Gasteiger partial charge in [0.1, 0.15) is 0 Å². The molecule has 0 aliphatic carbocycles. The van der Waals surface area contributed by atoms with Crippen LogP contribution in [0.4, 0.5) is 0 Å². The van der Waals surface area contributed by atoms with Crippen LogP contribution in [-0.2, 0) is 10.0 Å². The third-order valence-electron chi connectivity index (χ3n) is 1.99. The van der Waals surface area contributed by atoms with Crippen molar-refractivity contribution < 1.29 is 13.5 Å². The Morgan fingerprint density at radius 2 is 2.08 bits per heavy atom. The number of nitrogens with zero attached hydrogens (tertiary/aromatic N) is 1. The van der Waals surface area contributed by atoms with Crippen LogP contribution in [0.5, 0.6) is 0 Å². The van der Waals surface area contributed by atoms with Gasteiger partial charge in [-0.05, 0) is 6.42 Å². The average Bonchev–Trinajstić information content (AvgIpc) is 2.06. The van der Waals surface area contributed by atoms with Crippen molar-refractivity contribution in [3.05, 3.63) is 0 Å². The standard InChI is InChI=1S/C7H18N2O3S/c1-3-7(6-8)13(11,12)9(2)4-5-10/h7,10H,3-6,8H2,1-2H3. The normalized spacial score (nSPS) is 14.8. The second-order valence-corrected chi connectivity index (χ2v) is 5.18. The Morgan fingerprint density at radius 3 is 2.38 bits per heavy atom. The van der Waals surface area contributed by atoms with Crippen molar-refractivity contribution in [3.63, 3.8) is 0 Å². The first kappa shape index (κ1) is 12.8. The number of likely N-dealkylation sites (N-methyl/N-ethyl adjacent to an activating group) is 1. The number of aliphatic hydroxyl groups excluding tert-OH is 1. The molecule has 0 bridgehead atoms. The molecule has 6 heteroatoms. The van der Waals surface area contributed by atoms with E-state index in [0.29, 0.717) is 6.42 Å². The SMILES string of the molecule is CCC(CN)S(=O)(=O)N(C)CCO. The van der Waals surface area contributed by atoms with Gasteiger partial charge in [-0.25, -0.2) is 12.7 Å². The molecule has 1 unspecified atom stereocenters. The van der Waals surface area contributed by atoms with Crippen molar-refractivity contribution in [2.75, 3.05) is 26.7 Å². The molecule has 0 aliphatic rings. The molecule has 5 nitrogen and oxygen atoms in total. The zero-order chi connectivity index (χ0) is 10.5. The van der Waals surface area contributed by atoms with Crippen molar-refractivity contribution >= 4 is 10.0 Å².